The van der Waals surface area contributed by atoms with Crippen molar-refractivity contribution in [3.63, 3.8) is 0 Å². The molecule has 5 heteroatoms. The maximum absolute atomic E-state index is 13.3. The van der Waals surface area contributed by atoms with Crippen molar-refractivity contribution in [2.24, 2.45) is 17.1 Å². The highest BCUT2D eigenvalue weighted by atomic mass is 32.1. The number of carbonyl (C=O) groups excluding carboxylic acids is 1. The standard InChI is InChI=1S/C19H29N3OS/c20-16-3-1-2-15(10-16)18(23)22(12-14-4-9-24-13-14)17-11-19(17)5-7-21-8-6-19/h4,9,13,15-17,21H,1-3,5-8,10-12,20H2. The van der Waals surface area contributed by atoms with Gasteiger partial charge in [-0.1, -0.05) is 6.42 Å². The van der Waals surface area contributed by atoms with E-state index in [1.54, 1.807) is 11.3 Å². The molecule has 1 spiro atoms. The molecule has 1 aromatic heterocycles. The fourth-order valence-electron chi connectivity index (χ4n) is 4.84. The second-order valence-corrected chi connectivity index (χ2v) is 8.83. The minimum absolute atomic E-state index is 0.145. The van der Waals surface area contributed by atoms with Gasteiger partial charge in [0.05, 0.1) is 0 Å². The Labute approximate surface area is 148 Å². The average molecular weight is 348 g/mol. The molecule has 2 aliphatic carbocycles. The van der Waals surface area contributed by atoms with Crippen molar-refractivity contribution >= 4 is 17.2 Å². The van der Waals surface area contributed by atoms with Gasteiger partial charge in [0.1, 0.15) is 0 Å². The van der Waals surface area contributed by atoms with Crippen LogP contribution in [0, 0.1) is 11.3 Å². The summed E-state index contributed by atoms with van der Waals surface area (Å²) in [5.74, 6) is 0.517. The zero-order valence-electron chi connectivity index (χ0n) is 14.4. The molecule has 0 bridgehead atoms. The van der Waals surface area contributed by atoms with Crippen LogP contribution in [-0.2, 0) is 11.3 Å². The van der Waals surface area contributed by atoms with Gasteiger partial charge < -0.3 is 16.0 Å². The molecule has 4 rings (SSSR count). The first kappa shape index (κ1) is 16.6. The first-order chi connectivity index (χ1) is 11.7. The minimum atomic E-state index is 0.145. The van der Waals surface area contributed by atoms with E-state index in [1.807, 2.05) is 0 Å². The molecule has 3 fully saturated rings. The maximum Gasteiger partial charge on any atom is 0.226 e. The number of carbonyl (C=O) groups is 1. The number of rotatable bonds is 4. The molecule has 2 heterocycles. The molecule has 1 amide bonds. The molecule has 0 radical (unpaired) electrons. The van der Waals surface area contributed by atoms with Crippen molar-refractivity contribution in [1.82, 2.24) is 10.2 Å². The maximum atomic E-state index is 13.3. The molecular formula is C19H29N3OS. The number of nitrogens with one attached hydrogen (secondary N) is 1. The molecule has 1 aromatic rings. The fourth-order valence-corrected chi connectivity index (χ4v) is 5.50. The molecule has 132 valence electrons. The van der Waals surface area contributed by atoms with E-state index in [0.29, 0.717) is 17.4 Å². The highest BCUT2D eigenvalue weighted by Crippen LogP contribution is 2.56. The highest BCUT2D eigenvalue weighted by molar-refractivity contribution is 7.07. The van der Waals surface area contributed by atoms with E-state index in [9.17, 15) is 4.79 Å². The summed E-state index contributed by atoms with van der Waals surface area (Å²) < 4.78 is 0. The lowest BCUT2D eigenvalue weighted by Crippen LogP contribution is -2.44. The Morgan fingerprint density at radius 2 is 2.21 bits per heavy atom. The van der Waals surface area contributed by atoms with E-state index >= 15 is 0 Å². The molecule has 3 N–H and O–H groups in total. The number of nitrogens with two attached hydrogens (primary N) is 1. The highest BCUT2D eigenvalue weighted by Gasteiger charge is 2.58. The quantitative estimate of drug-likeness (QED) is 0.880. The van der Waals surface area contributed by atoms with Crippen LogP contribution >= 0.6 is 11.3 Å². The van der Waals surface area contributed by atoms with Gasteiger partial charge in [0, 0.05) is 24.5 Å². The number of amides is 1. The second-order valence-electron chi connectivity index (χ2n) is 8.05. The average Bonchev–Trinajstić information content (AvgIpc) is 3.04. The molecule has 4 nitrogen and oxygen atoms in total. The molecule has 24 heavy (non-hydrogen) atoms. The van der Waals surface area contributed by atoms with Gasteiger partial charge >= 0.3 is 0 Å². The van der Waals surface area contributed by atoms with Gasteiger partial charge in [-0.25, -0.2) is 0 Å². The normalized spacial score (nSPS) is 31.8. The Morgan fingerprint density at radius 1 is 1.38 bits per heavy atom. The lowest BCUT2D eigenvalue weighted by atomic mass is 9.85. The van der Waals surface area contributed by atoms with Crippen molar-refractivity contribution in [1.29, 1.82) is 0 Å². The predicted molar refractivity (Wildman–Crippen MR) is 97.7 cm³/mol. The van der Waals surface area contributed by atoms with Crippen LogP contribution < -0.4 is 11.1 Å². The van der Waals surface area contributed by atoms with Gasteiger partial charge in [0.25, 0.3) is 0 Å². The number of hydrogen-bond donors (Lipinski definition) is 2. The topological polar surface area (TPSA) is 58.4 Å². The van der Waals surface area contributed by atoms with E-state index in [-0.39, 0.29) is 12.0 Å². The Bertz CT molecular complexity index is 567. The van der Waals surface area contributed by atoms with E-state index in [4.69, 9.17) is 5.73 Å². The molecule has 3 atom stereocenters. The summed E-state index contributed by atoms with van der Waals surface area (Å²) in [6, 6.07) is 2.82. The van der Waals surface area contributed by atoms with Crippen LogP contribution in [0.5, 0.6) is 0 Å². The second kappa shape index (κ2) is 6.77. The first-order valence-electron chi connectivity index (χ1n) is 9.46. The van der Waals surface area contributed by atoms with Gasteiger partial charge in [0.15, 0.2) is 0 Å². The Balaban J connectivity index is 1.51. The summed E-state index contributed by atoms with van der Waals surface area (Å²) in [7, 11) is 0. The Kier molecular flexibility index (Phi) is 4.67. The van der Waals surface area contributed by atoms with Crippen molar-refractivity contribution < 1.29 is 4.79 Å². The smallest absolute Gasteiger partial charge is 0.226 e. The number of hydrogen-bond acceptors (Lipinski definition) is 4. The number of thiophene rings is 1. The van der Waals surface area contributed by atoms with Crippen LogP contribution in [0.4, 0.5) is 0 Å². The van der Waals surface area contributed by atoms with Gasteiger partial charge in [0.2, 0.25) is 5.91 Å². The van der Waals surface area contributed by atoms with Crippen LogP contribution in [-0.4, -0.2) is 36.0 Å². The third-order valence-electron chi connectivity index (χ3n) is 6.40. The van der Waals surface area contributed by atoms with E-state index < -0.39 is 0 Å². The van der Waals surface area contributed by atoms with Gasteiger partial charge in [-0.3, -0.25) is 4.79 Å². The van der Waals surface area contributed by atoms with Crippen LogP contribution in [0.2, 0.25) is 0 Å². The Morgan fingerprint density at radius 3 is 2.92 bits per heavy atom. The molecule has 0 aromatic carbocycles. The van der Waals surface area contributed by atoms with Crippen molar-refractivity contribution in [3.8, 4) is 0 Å². The lowest BCUT2D eigenvalue weighted by molar-refractivity contribution is -0.138. The monoisotopic (exact) mass is 347 g/mol. The van der Waals surface area contributed by atoms with Crippen molar-refractivity contribution in [3.05, 3.63) is 22.4 Å². The summed E-state index contributed by atoms with van der Waals surface area (Å²) in [4.78, 5) is 15.6. The molecule has 1 saturated heterocycles. The van der Waals surface area contributed by atoms with E-state index in [1.165, 1.54) is 24.8 Å². The van der Waals surface area contributed by atoms with Gasteiger partial charge in [-0.05, 0) is 79.4 Å². The van der Waals surface area contributed by atoms with Crippen molar-refractivity contribution in [2.75, 3.05) is 13.1 Å². The van der Waals surface area contributed by atoms with Gasteiger partial charge in [-0.2, -0.15) is 11.3 Å². The first-order valence-corrected chi connectivity index (χ1v) is 10.4. The Hall–Kier alpha value is -0.910. The molecule has 2 saturated carbocycles. The minimum Gasteiger partial charge on any atom is -0.335 e. The molecule has 3 aliphatic rings. The molecule has 1 aliphatic heterocycles. The molecule has 3 unspecified atom stereocenters. The van der Waals surface area contributed by atoms with Gasteiger partial charge in [-0.15, -0.1) is 0 Å². The third-order valence-corrected chi connectivity index (χ3v) is 7.13. The fraction of sp³-hybridized carbons (Fsp3) is 0.737. The van der Waals surface area contributed by atoms with E-state index in [2.05, 4.69) is 27.0 Å². The van der Waals surface area contributed by atoms with Crippen LogP contribution in [0.1, 0.15) is 50.5 Å². The zero-order chi connectivity index (χ0) is 16.6. The summed E-state index contributed by atoms with van der Waals surface area (Å²) in [5, 5.41) is 7.76. The van der Waals surface area contributed by atoms with Crippen molar-refractivity contribution in [2.45, 2.75) is 63.6 Å². The largest absolute Gasteiger partial charge is 0.335 e. The van der Waals surface area contributed by atoms with Crippen LogP contribution in [0.3, 0.4) is 0 Å². The van der Waals surface area contributed by atoms with E-state index in [0.717, 1.165) is 45.3 Å². The lowest BCUT2D eigenvalue weighted by Gasteiger charge is -2.34. The zero-order valence-corrected chi connectivity index (χ0v) is 15.2. The predicted octanol–water partition coefficient (Wildman–Crippen LogP) is 2.74. The summed E-state index contributed by atoms with van der Waals surface area (Å²) in [6.45, 7) is 2.99. The van der Waals surface area contributed by atoms with Crippen LogP contribution in [0.15, 0.2) is 16.8 Å². The number of nitrogens with zero attached hydrogens (tertiary/aromatic N) is 1. The number of piperidine rings is 1. The summed E-state index contributed by atoms with van der Waals surface area (Å²) in [5.41, 5.74) is 7.83. The SMILES string of the molecule is NC1CCCC(C(=O)N(Cc2ccsc2)C2CC23CCNCC3)C1. The summed E-state index contributed by atoms with van der Waals surface area (Å²) >= 11 is 1.72. The molecular weight excluding hydrogens is 318 g/mol. The third kappa shape index (κ3) is 3.26. The summed E-state index contributed by atoms with van der Waals surface area (Å²) in [6.07, 6.45) is 7.71. The van der Waals surface area contributed by atoms with Crippen LogP contribution in [0.25, 0.3) is 0 Å².